The molecule has 7 nitrogen and oxygen atoms in total. The van der Waals surface area contributed by atoms with Crippen LogP contribution in [0.25, 0.3) is 0 Å². The van der Waals surface area contributed by atoms with E-state index in [0.717, 1.165) is 6.26 Å². The van der Waals surface area contributed by atoms with Crippen LogP contribution in [0.5, 0.6) is 5.75 Å². The molecule has 0 amide bonds. The first-order valence-electron chi connectivity index (χ1n) is 6.38. The molecule has 0 aliphatic heterocycles. The van der Waals surface area contributed by atoms with E-state index in [-0.39, 0.29) is 24.7 Å². The lowest BCUT2D eigenvalue weighted by Gasteiger charge is -2.04. The summed E-state index contributed by atoms with van der Waals surface area (Å²) in [6.07, 6.45) is 1.40. The Morgan fingerprint density at radius 1 is 1.33 bits per heavy atom. The third-order valence-electron chi connectivity index (χ3n) is 2.71. The van der Waals surface area contributed by atoms with E-state index < -0.39 is 15.9 Å². The minimum atomic E-state index is -3.06. The lowest BCUT2D eigenvalue weighted by Crippen LogP contribution is -2.16. The smallest absolute Gasteiger partial charge is 0.243 e. The topological polar surface area (TPSA) is 108 Å². The lowest BCUT2D eigenvalue weighted by atomic mass is 10.2. The maximum atomic E-state index is 11.1. The van der Waals surface area contributed by atoms with Gasteiger partial charge in [0.2, 0.25) is 11.7 Å². The average Bonchev–Trinajstić information content (AvgIpc) is 2.92. The summed E-state index contributed by atoms with van der Waals surface area (Å²) >= 11 is 0. The van der Waals surface area contributed by atoms with Crippen molar-refractivity contribution in [3.05, 3.63) is 42.0 Å². The first-order valence-corrected chi connectivity index (χ1v) is 8.44. The summed E-state index contributed by atoms with van der Waals surface area (Å²) in [5.74, 6) is 1.26. The molecule has 1 aromatic heterocycles. The number of ether oxygens (including phenoxy) is 1. The highest BCUT2D eigenvalue weighted by molar-refractivity contribution is 7.90. The van der Waals surface area contributed by atoms with Crippen LogP contribution in [0, 0.1) is 0 Å². The molecule has 21 heavy (non-hydrogen) atoms. The number of nitrogens with zero attached hydrogens (tertiary/aromatic N) is 2. The molecule has 2 aromatic rings. The Morgan fingerprint density at radius 3 is 2.71 bits per heavy atom. The maximum absolute atomic E-state index is 11.1. The second-order valence-corrected chi connectivity index (χ2v) is 6.94. The summed E-state index contributed by atoms with van der Waals surface area (Å²) in [5, 5.41) is 3.76. The van der Waals surface area contributed by atoms with Crippen LogP contribution in [0.3, 0.4) is 0 Å². The van der Waals surface area contributed by atoms with Gasteiger partial charge in [-0.3, -0.25) is 0 Å². The van der Waals surface area contributed by atoms with E-state index >= 15 is 0 Å². The number of nitrogens with two attached hydrogens (primary N) is 1. The number of sulfone groups is 1. The number of benzene rings is 1. The number of hydrogen-bond acceptors (Lipinski definition) is 7. The SMILES string of the molecule is CS(=O)(=O)CCC(N)c1nc(COc2ccccc2)no1. The molecule has 0 radical (unpaired) electrons. The van der Waals surface area contributed by atoms with Crippen molar-refractivity contribution in [2.75, 3.05) is 12.0 Å². The minimum Gasteiger partial charge on any atom is -0.485 e. The van der Waals surface area contributed by atoms with Crippen molar-refractivity contribution in [2.24, 2.45) is 5.73 Å². The standard InChI is InChI=1S/C13H17N3O4S/c1-21(17,18)8-7-11(14)13-15-12(16-20-13)9-19-10-5-3-2-4-6-10/h2-6,11H,7-9,14H2,1H3. The molecular formula is C13H17N3O4S. The van der Waals surface area contributed by atoms with Crippen LogP contribution in [0.4, 0.5) is 0 Å². The van der Waals surface area contributed by atoms with Gasteiger partial charge in [0.25, 0.3) is 0 Å². The van der Waals surface area contributed by atoms with E-state index in [0.29, 0.717) is 11.6 Å². The zero-order valence-corrected chi connectivity index (χ0v) is 12.4. The normalized spacial score (nSPS) is 13.0. The van der Waals surface area contributed by atoms with Crippen LogP contribution in [-0.2, 0) is 16.4 Å². The summed E-state index contributed by atoms with van der Waals surface area (Å²) in [7, 11) is -3.06. The van der Waals surface area contributed by atoms with E-state index in [1.165, 1.54) is 0 Å². The van der Waals surface area contributed by atoms with Crippen molar-refractivity contribution in [1.29, 1.82) is 0 Å². The van der Waals surface area contributed by atoms with Gasteiger partial charge >= 0.3 is 0 Å². The molecule has 2 rings (SSSR count). The number of aromatic nitrogens is 2. The number of para-hydroxylation sites is 1. The Kier molecular flexibility index (Phi) is 4.92. The van der Waals surface area contributed by atoms with Crippen LogP contribution >= 0.6 is 0 Å². The second kappa shape index (κ2) is 6.68. The van der Waals surface area contributed by atoms with Crippen molar-refractivity contribution in [3.63, 3.8) is 0 Å². The molecule has 114 valence electrons. The largest absolute Gasteiger partial charge is 0.485 e. The molecule has 0 aliphatic rings. The molecule has 1 unspecified atom stereocenters. The molecule has 0 bridgehead atoms. The Bertz CT molecular complexity index is 670. The second-order valence-electron chi connectivity index (χ2n) is 4.68. The third kappa shape index (κ3) is 5.16. The molecule has 0 fully saturated rings. The fourth-order valence-electron chi connectivity index (χ4n) is 1.61. The summed E-state index contributed by atoms with van der Waals surface area (Å²) in [4.78, 5) is 4.10. The van der Waals surface area contributed by atoms with E-state index in [1.807, 2.05) is 30.3 Å². The monoisotopic (exact) mass is 311 g/mol. The molecule has 0 saturated carbocycles. The summed E-state index contributed by atoms with van der Waals surface area (Å²) in [5.41, 5.74) is 5.82. The van der Waals surface area contributed by atoms with Gasteiger partial charge in [-0.1, -0.05) is 23.4 Å². The molecule has 8 heteroatoms. The van der Waals surface area contributed by atoms with Crippen molar-refractivity contribution >= 4 is 9.84 Å². The minimum absolute atomic E-state index is 0.0214. The fourth-order valence-corrected chi connectivity index (χ4v) is 2.29. The van der Waals surface area contributed by atoms with Crippen LogP contribution < -0.4 is 10.5 Å². The molecule has 0 saturated heterocycles. The van der Waals surface area contributed by atoms with Crippen LogP contribution in [0.2, 0.25) is 0 Å². The van der Waals surface area contributed by atoms with Gasteiger partial charge in [-0.25, -0.2) is 8.42 Å². The van der Waals surface area contributed by atoms with Crippen molar-refractivity contribution < 1.29 is 17.7 Å². The fraction of sp³-hybridized carbons (Fsp3) is 0.385. The van der Waals surface area contributed by atoms with Crippen LogP contribution in [0.15, 0.2) is 34.9 Å². The number of hydrogen-bond donors (Lipinski definition) is 1. The Labute approximate surface area is 123 Å². The van der Waals surface area contributed by atoms with Crippen molar-refractivity contribution in [2.45, 2.75) is 19.1 Å². The highest BCUT2D eigenvalue weighted by Gasteiger charge is 2.17. The zero-order chi connectivity index (χ0) is 15.3. The molecule has 2 N–H and O–H groups in total. The first-order chi connectivity index (χ1) is 9.94. The predicted molar refractivity (Wildman–Crippen MR) is 76.3 cm³/mol. The van der Waals surface area contributed by atoms with Gasteiger partial charge in [0.15, 0.2) is 6.61 Å². The van der Waals surface area contributed by atoms with Gasteiger partial charge in [0.1, 0.15) is 15.6 Å². The molecule has 0 aliphatic carbocycles. The van der Waals surface area contributed by atoms with Gasteiger partial charge < -0.3 is 15.0 Å². The highest BCUT2D eigenvalue weighted by atomic mass is 32.2. The third-order valence-corrected chi connectivity index (χ3v) is 3.69. The van der Waals surface area contributed by atoms with E-state index in [9.17, 15) is 8.42 Å². The van der Waals surface area contributed by atoms with Gasteiger partial charge in [-0.15, -0.1) is 0 Å². The molecular weight excluding hydrogens is 294 g/mol. The van der Waals surface area contributed by atoms with E-state index in [2.05, 4.69) is 10.1 Å². The molecule has 0 spiro atoms. The highest BCUT2D eigenvalue weighted by Crippen LogP contribution is 2.14. The summed E-state index contributed by atoms with van der Waals surface area (Å²) < 4.78 is 32.7. The van der Waals surface area contributed by atoms with Gasteiger partial charge in [0.05, 0.1) is 11.8 Å². The molecule has 1 aromatic carbocycles. The molecule has 1 heterocycles. The van der Waals surface area contributed by atoms with Crippen LogP contribution in [0.1, 0.15) is 24.2 Å². The first kappa shape index (κ1) is 15.5. The molecule has 1 atom stereocenters. The Balaban J connectivity index is 1.89. The maximum Gasteiger partial charge on any atom is 0.243 e. The van der Waals surface area contributed by atoms with Gasteiger partial charge in [0, 0.05) is 6.26 Å². The Hall–Kier alpha value is -1.93. The zero-order valence-electron chi connectivity index (χ0n) is 11.6. The summed E-state index contributed by atoms with van der Waals surface area (Å²) in [6, 6.07) is 8.64. The van der Waals surface area contributed by atoms with Crippen LogP contribution in [-0.4, -0.2) is 30.6 Å². The van der Waals surface area contributed by atoms with E-state index in [1.54, 1.807) is 0 Å². The van der Waals surface area contributed by atoms with Gasteiger partial charge in [-0.2, -0.15) is 4.98 Å². The number of rotatable bonds is 7. The summed E-state index contributed by atoms with van der Waals surface area (Å²) in [6.45, 7) is 0.159. The Morgan fingerprint density at radius 2 is 2.05 bits per heavy atom. The van der Waals surface area contributed by atoms with Crippen molar-refractivity contribution in [3.8, 4) is 5.75 Å². The van der Waals surface area contributed by atoms with Crippen molar-refractivity contribution in [1.82, 2.24) is 10.1 Å². The lowest BCUT2D eigenvalue weighted by molar-refractivity contribution is 0.283. The quantitative estimate of drug-likeness (QED) is 0.815. The van der Waals surface area contributed by atoms with E-state index in [4.69, 9.17) is 15.0 Å². The predicted octanol–water partition coefficient (Wildman–Crippen LogP) is 1.08. The van der Waals surface area contributed by atoms with Gasteiger partial charge in [-0.05, 0) is 18.6 Å². The average molecular weight is 311 g/mol.